The van der Waals surface area contributed by atoms with Crippen molar-refractivity contribution in [3.8, 4) is 11.3 Å². The number of aromatic amines is 2. The van der Waals surface area contributed by atoms with Gasteiger partial charge in [-0.2, -0.15) is 0 Å². The number of benzene rings is 1. The van der Waals surface area contributed by atoms with Crippen LogP contribution in [0.3, 0.4) is 0 Å². The van der Waals surface area contributed by atoms with Gasteiger partial charge in [0.1, 0.15) is 17.3 Å². The minimum atomic E-state index is -0.516. The number of hydrogen-bond donors (Lipinski definition) is 2. The quantitative estimate of drug-likeness (QED) is 0.745. The van der Waals surface area contributed by atoms with Gasteiger partial charge in [0.15, 0.2) is 0 Å². The molecule has 3 aromatic rings. The number of halogens is 1. The summed E-state index contributed by atoms with van der Waals surface area (Å²) in [6, 6.07) is 6.44. The van der Waals surface area contributed by atoms with Gasteiger partial charge in [0.05, 0.1) is 5.56 Å². The second-order valence-electron chi connectivity index (χ2n) is 6.39. The summed E-state index contributed by atoms with van der Waals surface area (Å²) in [4.78, 5) is 30.3. The largest absolute Gasteiger partial charge is 0.360 e. The Bertz CT molecular complexity index is 1080. The molecular weight excluding hydrogens is 339 g/mol. The van der Waals surface area contributed by atoms with Crippen molar-refractivity contribution in [2.75, 3.05) is 6.54 Å². The van der Waals surface area contributed by atoms with Crippen LogP contribution in [-0.4, -0.2) is 26.6 Å². The first kappa shape index (κ1) is 16.5. The summed E-state index contributed by atoms with van der Waals surface area (Å²) in [5.41, 5.74) is 1.88. The molecule has 0 spiro atoms. The Morgan fingerprint density at radius 3 is 2.85 bits per heavy atom. The minimum Gasteiger partial charge on any atom is -0.360 e. The fraction of sp³-hybridized carbons (Fsp3) is 0.278. The van der Waals surface area contributed by atoms with Gasteiger partial charge in [0.2, 0.25) is 0 Å². The molecule has 3 heterocycles. The molecule has 2 N–H and O–H groups in total. The minimum absolute atomic E-state index is 0.353. The Hall–Kier alpha value is -3.00. The monoisotopic (exact) mass is 356 g/mol. The molecule has 0 saturated heterocycles. The van der Waals surface area contributed by atoms with Crippen molar-refractivity contribution >= 4 is 0 Å². The number of hydrogen-bond acceptors (Lipinski definition) is 5. The van der Waals surface area contributed by atoms with Gasteiger partial charge in [-0.15, -0.1) is 0 Å². The molecule has 7 nitrogen and oxygen atoms in total. The SMILES string of the molecule is Cc1[nH]c(=O)[nH]c(=O)c1CN1CCc2onc(-c3ccccc3F)c2C1. The van der Waals surface area contributed by atoms with Crippen molar-refractivity contribution in [1.29, 1.82) is 0 Å². The highest BCUT2D eigenvalue weighted by Gasteiger charge is 2.26. The maximum atomic E-state index is 14.1. The molecule has 0 fully saturated rings. The fourth-order valence-electron chi connectivity index (χ4n) is 3.30. The van der Waals surface area contributed by atoms with Gasteiger partial charge in [-0.1, -0.05) is 17.3 Å². The lowest BCUT2D eigenvalue weighted by molar-refractivity contribution is 0.227. The van der Waals surface area contributed by atoms with Crippen LogP contribution in [0.1, 0.15) is 22.6 Å². The summed E-state index contributed by atoms with van der Waals surface area (Å²) in [7, 11) is 0. The fourth-order valence-corrected chi connectivity index (χ4v) is 3.30. The molecule has 134 valence electrons. The van der Waals surface area contributed by atoms with Crippen molar-refractivity contribution in [1.82, 2.24) is 20.0 Å². The van der Waals surface area contributed by atoms with Crippen LogP contribution >= 0.6 is 0 Å². The molecule has 0 atom stereocenters. The zero-order valence-corrected chi connectivity index (χ0v) is 14.1. The normalized spacial score (nSPS) is 14.4. The molecule has 4 rings (SSSR count). The Balaban J connectivity index is 1.65. The first-order valence-corrected chi connectivity index (χ1v) is 8.29. The summed E-state index contributed by atoms with van der Waals surface area (Å²) >= 11 is 0. The summed E-state index contributed by atoms with van der Waals surface area (Å²) < 4.78 is 19.5. The van der Waals surface area contributed by atoms with Crippen LogP contribution in [0.2, 0.25) is 0 Å². The Morgan fingerprint density at radius 1 is 1.27 bits per heavy atom. The third-order valence-corrected chi connectivity index (χ3v) is 4.67. The van der Waals surface area contributed by atoms with Gasteiger partial charge < -0.3 is 9.51 Å². The number of rotatable bonds is 3. The Labute approximate surface area is 147 Å². The molecule has 2 aromatic heterocycles. The number of aryl methyl sites for hydroxylation is 1. The molecule has 26 heavy (non-hydrogen) atoms. The molecule has 0 aliphatic carbocycles. The van der Waals surface area contributed by atoms with E-state index in [1.165, 1.54) is 6.07 Å². The molecule has 0 amide bonds. The average Bonchev–Trinajstić information content (AvgIpc) is 3.01. The first-order valence-electron chi connectivity index (χ1n) is 8.29. The molecule has 1 aliphatic heterocycles. The Morgan fingerprint density at radius 2 is 2.08 bits per heavy atom. The van der Waals surface area contributed by atoms with E-state index in [0.29, 0.717) is 48.6 Å². The van der Waals surface area contributed by atoms with Gasteiger partial charge in [-0.3, -0.25) is 14.7 Å². The third-order valence-electron chi connectivity index (χ3n) is 4.67. The highest BCUT2D eigenvalue weighted by atomic mass is 19.1. The van der Waals surface area contributed by atoms with E-state index >= 15 is 0 Å². The molecule has 1 aliphatic rings. The van der Waals surface area contributed by atoms with Gasteiger partial charge in [0, 0.05) is 42.9 Å². The average molecular weight is 356 g/mol. The van der Waals surface area contributed by atoms with Crippen LogP contribution in [-0.2, 0) is 19.5 Å². The topological polar surface area (TPSA) is 95.0 Å². The highest BCUT2D eigenvalue weighted by molar-refractivity contribution is 5.64. The van der Waals surface area contributed by atoms with Crippen LogP contribution < -0.4 is 11.2 Å². The maximum Gasteiger partial charge on any atom is 0.325 e. The predicted octanol–water partition coefficient (Wildman–Crippen LogP) is 1.72. The summed E-state index contributed by atoms with van der Waals surface area (Å²) in [5.74, 6) is 0.389. The van der Waals surface area contributed by atoms with Crippen LogP contribution in [0.15, 0.2) is 38.4 Å². The van der Waals surface area contributed by atoms with Crippen molar-refractivity contribution < 1.29 is 8.91 Å². The number of aromatic nitrogens is 3. The molecule has 0 saturated carbocycles. The lowest BCUT2D eigenvalue weighted by Crippen LogP contribution is -2.35. The summed E-state index contributed by atoms with van der Waals surface area (Å²) in [6.45, 7) is 3.24. The van der Waals surface area contributed by atoms with Gasteiger partial charge in [-0.05, 0) is 19.1 Å². The first-order chi connectivity index (χ1) is 12.5. The van der Waals surface area contributed by atoms with Gasteiger partial charge in [-0.25, -0.2) is 9.18 Å². The van der Waals surface area contributed by atoms with Gasteiger partial charge in [0.25, 0.3) is 5.56 Å². The molecular formula is C18H17FN4O3. The van der Waals surface area contributed by atoms with Crippen molar-refractivity contribution in [3.63, 3.8) is 0 Å². The zero-order chi connectivity index (χ0) is 18.3. The van der Waals surface area contributed by atoms with E-state index < -0.39 is 11.2 Å². The number of nitrogens with zero attached hydrogens (tertiary/aromatic N) is 2. The van der Waals surface area contributed by atoms with Crippen molar-refractivity contribution in [2.45, 2.75) is 26.4 Å². The van der Waals surface area contributed by atoms with E-state index in [-0.39, 0.29) is 5.82 Å². The predicted molar refractivity (Wildman–Crippen MR) is 92.1 cm³/mol. The van der Waals surface area contributed by atoms with E-state index in [4.69, 9.17) is 4.52 Å². The maximum absolute atomic E-state index is 14.1. The molecule has 1 aromatic carbocycles. The number of nitrogens with one attached hydrogen (secondary N) is 2. The van der Waals surface area contributed by atoms with Crippen LogP contribution in [0.5, 0.6) is 0 Å². The third kappa shape index (κ3) is 2.88. The molecule has 0 bridgehead atoms. The number of fused-ring (bicyclic) bond motifs is 1. The van der Waals surface area contributed by atoms with E-state index in [1.807, 2.05) is 0 Å². The molecule has 0 radical (unpaired) electrons. The Kier molecular flexibility index (Phi) is 4.04. The van der Waals surface area contributed by atoms with Crippen LogP contribution in [0, 0.1) is 12.7 Å². The lowest BCUT2D eigenvalue weighted by atomic mass is 10.0. The standard InChI is InChI=1S/C18H17FN4O3/c1-10-12(17(24)21-18(25)20-10)8-23-7-6-15-13(9-23)16(22-26-15)11-4-2-3-5-14(11)19/h2-5H,6-9H2,1H3,(H2,20,21,24,25). The second-order valence-corrected chi connectivity index (χ2v) is 6.39. The van der Waals surface area contributed by atoms with Crippen LogP contribution in [0.25, 0.3) is 11.3 Å². The van der Waals surface area contributed by atoms with E-state index in [0.717, 1.165) is 11.3 Å². The van der Waals surface area contributed by atoms with E-state index in [1.54, 1.807) is 25.1 Å². The smallest absolute Gasteiger partial charge is 0.325 e. The second kappa shape index (κ2) is 6.38. The lowest BCUT2D eigenvalue weighted by Gasteiger charge is -2.26. The summed E-state index contributed by atoms with van der Waals surface area (Å²) in [6.07, 6.45) is 0.622. The zero-order valence-electron chi connectivity index (χ0n) is 14.1. The number of H-pyrrole nitrogens is 2. The molecule has 0 unspecified atom stereocenters. The highest BCUT2D eigenvalue weighted by Crippen LogP contribution is 2.31. The van der Waals surface area contributed by atoms with Crippen LogP contribution in [0.4, 0.5) is 4.39 Å². The van der Waals surface area contributed by atoms with E-state index in [9.17, 15) is 14.0 Å². The van der Waals surface area contributed by atoms with Crippen molar-refractivity contribution in [3.05, 3.63) is 73.5 Å². The molecule has 8 heteroatoms. The summed E-state index contributed by atoms with van der Waals surface area (Å²) in [5, 5.41) is 4.06. The van der Waals surface area contributed by atoms with Gasteiger partial charge >= 0.3 is 5.69 Å². The van der Waals surface area contributed by atoms with E-state index in [2.05, 4.69) is 20.0 Å². The van der Waals surface area contributed by atoms with Crippen molar-refractivity contribution in [2.24, 2.45) is 0 Å².